The van der Waals surface area contributed by atoms with Gasteiger partial charge < -0.3 is 5.32 Å². The summed E-state index contributed by atoms with van der Waals surface area (Å²) >= 11 is 6.09. The summed E-state index contributed by atoms with van der Waals surface area (Å²) in [6.45, 7) is 2.96. The maximum atomic E-state index is 6.09. The first-order chi connectivity index (χ1) is 7.72. The average molecular weight is 235 g/mol. The number of nitrogens with one attached hydrogen (secondary N) is 1. The number of pyridine rings is 1. The lowest BCUT2D eigenvalue weighted by Gasteiger charge is -2.06. The summed E-state index contributed by atoms with van der Waals surface area (Å²) in [6.07, 6.45) is 0.943. The normalized spacial score (nSPS) is 10.9. The van der Waals surface area contributed by atoms with Crippen LogP contribution in [0.15, 0.2) is 24.3 Å². The number of aryl methyl sites for hydroxylation is 1. The van der Waals surface area contributed by atoms with Gasteiger partial charge in [0.2, 0.25) is 0 Å². The third kappa shape index (κ3) is 2.18. The van der Waals surface area contributed by atoms with Gasteiger partial charge in [0.05, 0.1) is 5.52 Å². The lowest BCUT2D eigenvalue weighted by molar-refractivity contribution is 0.779. The maximum absolute atomic E-state index is 6.09. The molecule has 16 heavy (non-hydrogen) atoms. The van der Waals surface area contributed by atoms with Crippen LogP contribution in [0.2, 0.25) is 5.02 Å². The molecule has 1 N–H and O–H groups in total. The number of nitrogens with zero attached hydrogens (tertiary/aromatic N) is 1. The van der Waals surface area contributed by atoms with Crippen LogP contribution in [0.5, 0.6) is 0 Å². The van der Waals surface area contributed by atoms with Crippen LogP contribution in [-0.2, 0) is 6.42 Å². The smallest absolute Gasteiger partial charge is 0.0749 e. The number of hydrogen-bond acceptors (Lipinski definition) is 2. The van der Waals surface area contributed by atoms with Crippen molar-refractivity contribution in [2.24, 2.45) is 0 Å². The molecule has 0 bridgehead atoms. The number of hydrogen-bond donors (Lipinski definition) is 1. The molecule has 0 aliphatic heterocycles. The van der Waals surface area contributed by atoms with E-state index in [1.54, 1.807) is 0 Å². The van der Waals surface area contributed by atoms with Gasteiger partial charge in [-0.05, 0) is 31.7 Å². The van der Waals surface area contributed by atoms with Gasteiger partial charge in [0.25, 0.3) is 0 Å². The van der Waals surface area contributed by atoms with Crippen LogP contribution in [0.25, 0.3) is 10.9 Å². The van der Waals surface area contributed by atoms with Crippen molar-refractivity contribution in [3.63, 3.8) is 0 Å². The Kier molecular flexibility index (Phi) is 3.42. The van der Waals surface area contributed by atoms with E-state index in [0.29, 0.717) is 0 Å². The van der Waals surface area contributed by atoms with Crippen LogP contribution in [0.3, 0.4) is 0 Å². The molecule has 0 fully saturated rings. The largest absolute Gasteiger partial charge is 0.319 e. The van der Waals surface area contributed by atoms with Gasteiger partial charge in [-0.15, -0.1) is 0 Å². The number of likely N-dealkylation sites (N-methyl/N-ethyl adjacent to an activating group) is 1. The second-order valence-electron chi connectivity index (χ2n) is 3.90. The van der Waals surface area contributed by atoms with Gasteiger partial charge in [-0.1, -0.05) is 23.7 Å². The monoisotopic (exact) mass is 234 g/mol. The highest BCUT2D eigenvalue weighted by molar-refractivity contribution is 6.32. The minimum Gasteiger partial charge on any atom is -0.319 e. The highest BCUT2D eigenvalue weighted by atomic mass is 35.5. The number of halogens is 1. The average Bonchev–Trinajstić information content (AvgIpc) is 2.31. The fourth-order valence-electron chi connectivity index (χ4n) is 1.74. The third-order valence-electron chi connectivity index (χ3n) is 2.74. The highest BCUT2D eigenvalue weighted by Gasteiger charge is 2.04. The molecule has 0 radical (unpaired) electrons. The Morgan fingerprint density at radius 3 is 2.75 bits per heavy atom. The van der Waals surface area contributed by atoms with Gasteiger partial charge >= 0.3 is 0 Å². The molecule has 3 heteroatoms. The van der Waals surface area contributed by atoms with Gasteiger partial charge in [0.1, 0.15) is 0 Å². The van der Waals surface area contributed by atoms with E-state index < -0.39 is 0 Å². The van der Waals surface area contributed by atoms with E-state index in [9.17, 15) is 0 Å². The summed E-state index contributed by atoms with van der Waals surface area (Å²) in [5.74, 6) is 0. The summed E-state index contributed by atoms with van der Waals surface area (Å²) in [4.78, 5) is 4.65. The molecule has 1 aromatic heterocycles. The second kappa shape index (κ2) is 4.81. The van der Waals surface area contributed by atoms with Crippen molar-refractivity contribution in [1.82, 2.24) is 10.3 Å². The fraction of sp³-hybridized carbons (Fsp3) is 0.308. The van der Waals surface area contributed by atoms with Gasteiger partial charge in [-0.3, -0.25) is 4.98 Å². The van der Waals surface area contributed by atoms with Crippen molar-refractivity contribution in [2.45, 2.75) is 13.3 Å². The Morgan fingerprint density at radius 1 is 1.25 bits per heavy atom. The molecule has 2 aromatic rings. The molecule has 0 unspecified atom stereocenters. The predicted molar refractivity (Wildman–Crippen MR) is 69.1 cm³/mol. The van der Waals surface area contributed by atoms with E-state index in [1.165, 1.54) is 0 Å². The zero-order valence-corrected chi connectivity index (χ0v) is 10.3. The van der Waals surface area contributed by atoms with Crippen LogP contribution >= 0.6 is 11.6 Å². The van der Waals surface area contributed by atoms with Crippen molar-refractivity contribution in [2.75, 3.05) is 13.6 Å². The SMILES string of the molecule is CNCCc1ccc2ccc(Cl)c(C)c2n1. The summed E-state index contributed by atoms with van der Waals surface area (Å²) in [5.41, 5.74) is 3.18. The topological polar surface area (TPSA) is 24.9 Å². The Bertz CT molecular complexity index is 509. The quantitative estimate of drug-likeness (QED) is 0.883. The molecule has 1 aromatic carbocycles. The molecule has 1 heterocycles. The van der Waals surface area contributed by atoms with Crippen molar-refractivity contribution in [1.29, 1.82) is 0 Å². The van der Waals surface area contributed by atoms with Crippen LogP contribution in [0.1, 0.15) is 11.3 Å². The summed E-state index contributed by atoms with van der Waals surface area (Å²) in [7, 11) is 1.95. The molecule has 0 spiro atoms. The Balaban J connectivity index is 2.47. The molecule has 0 aliphatic carbocycles. The van der Waals surface area contributed by atoms with Crippen molar-refractivity contribution in [3.8, 4) is 0 Å². The Labute approximate surface area is 101 Å². The zero-order chi connectivity index (χ0) is 11.5. The van der Waals surface area contributed by atoms with E-state index in [0.717, 1.165) is 40.1 Å². The maximum Gasteiger partial charge on any atom is 0.0749 e. The lowest BCUT2D eigenvalue weighted by atomic mass is 10.1. The van der Waals surface area contributed by atoms with E-state index >= 15 is 0 Å². The minimum atomic E-state index is 0.783. The molecular weight excluding hydrogens is 220 g/mol. The number of fused-ring (bicyclic) bond motifs is 1. The number of benzene rings is 1. The minimum absolute atomic E-state index is 0.783. The van der Waals surface area contributed by atoms with E-state index in [1.807, 2.05) is 26.1 Å². The van der Waals surface area contributed by atoms with E-state index in [-0.39, 0.29) is 0 Å². The van der Waals surface area contributed by atoms with Crippen molar-refractivity contribution >= 4 is 22.5 Å². The van der Waals surface area contributed by atoms with Gasteiger partial charge in [0, 0.05) is 29.1 Å². The number of aromatic nitrogens is 1. The molecule has 84 valence electrons. The fourth-order valence-corrected chi connectivity index (χ4v) is 1.89. The first kappa shape index (κ1) is 11.4. The van der Waals surface area contributed by atoms with Crippen LogP contribution in [0, 0.1) is 6.92 Å². The Hall–Kier alpha value is -1.12. The lowest BCUT2D eigenvalue weighted by Crippen LogP contribution is -2.11. The van der Waals surface area contributed by atoms with Gasteiger partial charge in [-0.2, -0.15) is 0 Å². The van der Waals surface area contributed by atoms with E-state index in [2.05, 4.69) is 22.4 Å². The first-order valence-electron chi connectivity index (χ1n) is 5.41. The zero-order valence-electron chi connectivity index (χ0n) is 9.55. The first-order valence-corrected chi connectivity index (χ1v) is 5.79. The van der Waals surface area contributed by atoms with Crippen molar-refractivity contribution < 1.29 is 0 Å². The third-order valence-corrected chi connectivity index (χ3v) is 3.15. The number of rotatable bonds is 3. The summed E-state index contributed by atoms with van der Waals surface area (Å²) < 4.78 is 0. The molecule has 0 saturated carbocycles. The van der Waals surface area contributed by atoms with Crippen molar-refractivity contribution in [3.05, 3.63) is 40.5 Å². The van der Waals surface area contributed by atoms with Gasteiger partial charge in [0.15, 0.2) is 0 Å². The van der Waals surface area contributed by atoms with Crippen LogP contribution in [-0.4, -0.2) is 18.6 Å². The molecule has 2 nitrogen and oxygen atoms in total. The Morgan fingerprint density at radius 2 is 2.00 bits per heavy atom. The molecule has 0 saturated heterocycles. The molecular formula is C13H15ClN2. The highest BCUT2D eigenvalue weighted by Crippen LogP contribution is 2.23. The van der Waals surface area contributed by atoms with Gasteiger partial charge in [-0.25, -0.2) is 0 Å². The predicted octanol–water partition coefficient (Wildman–Crippen LogP) is 2.96. The second-order valence-corrected chi connectivity index (χ2v) is 4.31. The summed E-state index contributed by atoms with van der Waals surface area (Å²) in [6, 6.07) is 8.12. The standard InChI is InChI=1S/C13H15ClN2/c1-9-12(14)6-4-10-3-5-11(7-8-15-2)16-13(9)10/h3-6,15H,7-8H2,1-2H3. The molecule has 0 atom stereocenters. The molecule has 2 rings (SSSR count). The summed E-state index contributed by atoms with van der Waals surface area (Å²) in [5, 5.41) is 5.06. The van der Waals surface area contributed by atoms with Crippen LogP contribution < -0.4 is 5.32 Å². The molecule has 0 aliphatic rings. The van der Waals surface area contributed by atoms with Crippen LogP contribution in [0.4, 0.5) is 0 Å². The molecule has 0 amide bonds. The van der Waals surface area contributed by atoms with E-state index in [4.69, 9.17) is 11.6 Å².